The maximum absolute atomic E-state index is 11.7. The fourth-order valence-corrected chi connectivity index (χ4v) is 1.49. The highest BCUT2D eigenvalue weighted by atomic mass is 16.6. The third-order valence-corrected chi connectivity index (χ3v) is 2.27. The number of nitro groups is 1. The highest BCUT2D eigenvalue weighted by Crippen LogP contribution is 2.20. The van der Waals surface area contributed by atoms with Gasteiger partial charge in [-0.25, -0.2) is 0 Å². The number of fused-ring (bicyclic) bond motifs is 1. The molecule has 0 bridgehead atoms. The normalized spacial score (nSPS) is 10.5. The minimum absolute atomic E-state index is 0.0791. The maximum atomic E-state index is 11.7. The molecule has 0 unspecified atom stereocenters. The van der Waals surface area contributed by atoms with Crippen LogP contribution in [0, 0.1) is 17.0 Å². The third-order valence-electron chi connectivity index (χ3n) is 2.27. The monoisotopic (exact) mass is 204 g/mol. The van der Waals surface area contributed by atoms with Gasteiger partial charge in [0, 0.05) is 17.8 Å². The van der Waals surface area contributed by atoms with Crippen LogP contribution in [0.25, 0.3) is 10.9 Å². The van der Waals surface area contributed by atoms with Crippen molar-refractivity contribution >= 4 is 16.6 Å². The molecule has 1 aromatic heterocycles. The molecule has 0 aliphatic carbocycles. The first-order chi connectivity index (χ1) is 7.11. The molecule has 76 valence electrons. The van der Waals surface area contributed by atoms with Crippen LogP contribution in [0.1, 0.15) is 5.56 Å². The Labute approximate surface area is 84.5 Å². The van der Waals surface area contributed by atoms with Crippen molar-refractivity contribution in [3.63, 3.8) is 0 Å². The Balaban J connectivity index is 2.96. The molecule has 1 N–H and O–H groups in total. The number of nitro benzene ring substituents is 1. The predicted octanol–water partition coefficient (Wildman–Crippen LogP) is 1.74. The summed E-state index contributed by atoms with van der Waals surface area (Å²) in [7, 11) is 0. The average Bonchev–Trinajstić information content (AvgIpc) is 2.23. The van der Waals surface area contributed by atoms with E-state index in [0.717, 1.165) is 0 Å². The van der Waals surface area contributed by atoms with Crippen LogP contribution >= 0.6 is 0 Å². The molecule has 0 amide bonds. The number of aryl methyl sites for hydroxylation is 1. The molecule has 0 aliphatic rings. The van der Waals surface area contributed by atoms with Crippen molar-refractivity contribution in [3.8, 4) is 0 Å². The lowest BCUT2D eigenvalue weighted by Gasteiger charge is -1.99. The molecule has 5 nitrogen and oxygen atoms in total. The zero-order chi connectivity index (χ0) is 11.0. The fraction of sp³-hybridized carbons (Fsp3) is 0.100. The Kier molecular flexibility index (Phi) is 2.00. The van der Waals surface area contributed by atoms with Crippen LogP contribution in [0.5, 0.6) is 0 Å². The molecular formula is C10H8N2O3. The van der Waals surface area contributed by atoms with Crippen LogP contribution < -0.4 is 5.43 Å². The second-order valence-electron chi connectivity index (χ2n) is 3.26. The van der Waals surface area contributed by atoms with Crippen molar-refractivity contribution < 1.29 is 4.92 Å². The van der Waals surface area contributed by atoms with Crippen LogP contribution in [0.15, 0.2) is 29.2 Å². The number of non-ortho nitro benzene ring substituents is 1. The molecule has 15 heavy (non-hydrogen) atoms. The van der Waals surface area contributed by atoms with E-state index in [4.69, 9.17) is 0 Å². The zero-order valence-corrected chi connectivity index (χ0v) is 7.98. The molecule has 2 rings (SSSR count). The van der Waals surface area contributed by atoms with Crippen LogP contribution in [-0.2, 0) is 0 Å². The van der Waals surface area contributed by atoms with Crippen molar-refractivity contribution in [1.82, 2.24) is 4.98 Å². The smallest absolute Gasteiger partial charge is 0.293 e. The number of nitrogens with one attached hydrogen (secondary N) is 1. The van der Waals surface area contributed by atoms with Gasteiger partial charge in [0.2, 0.25) is 0 Å². The van der Waals surface area contributed by atoms with Crippen LogP contribution in [0.3, 0.4) is 0 Å². The van der Waals surface area contributed by atoms with Gasteiger partial charge in [0.25, 0.3) is 5.69 Å². The lowest BCUT2D eigenvalue weighted by atomic mass is 10.1. The van der Waals surface area contributed by atoms with E-state index in [1.165, 1.54) is 18.3 Å². The molecule has 5 heteroatoms. The topological polar surface area (TPSA) is 76.0 Å². The molecular weight excluding hydrogens is 196 g/mol. The highest BCUT2D eigenvalue weighted by molar-refractivity contribution is 5.87. The largest absolute Gasteiger partial charge is 0.355 e. The number of hydrogen-bond donors (Lipinski definition) is 1. The lowest BCUT2D eigenvalue weighted by molar-refractivity contribution is -0.383. The van der Waals surface area contributed by atoms with Crippen LogP contribution in [-0.4, -0.2) is 9.91 Å². The quantitative estimate of drug-likeness (QED) is 0.567. The van der Waals surface area contributed by atoms with Crippen LogP contribution in [0.2, 0.25) is 0 Å². The fourth-order valence-electron chi connectivity index (χ4n) is 1.49. The van der Waals surface area contributed by atoms with Gasteiger partial charge in [0.1, 0.15) is 5.52 Å². The highest BCUT2D eigenvalue weighted by Gasteiger charge is 2.13. The van der Waals surface area contributed by atoms with Crippen molar-refractivity contribution in [2.24, 2.45) is 0 Å². The van der Waals surface area contributed by atoms with Gasteiger partial charge in [-0.1, -0.05) is 6.07 Å². The van der Waals surface area contributed by atoms with Crippen molar-refractivity contribution in [3.05, 3.63) is 50.3 Å². The SMILES string of the molecule is Cc1c[nH]c2c([N+](=O)[O-])cccc2c1=O. The Hall–Kier alpha value is -2.17. The Morgan fingerprint density at radius 2 is 2.13 bits per heavy atom. The number of para-hydroxylation sites is 1. The van der Waals surface area contributed by atoms with E-state index >= 15 is 0 Å². The maximum Gasteiger partial charge on any atom is 0.293 e. The second kappa shape index (κ2) is 3.20. The Bertz CT molecular complexity index is 601. The number of aromatic amines is 1. The summed E-state index contributed by atoms with van der Waals surface area (Å²) in [5.74, 6) is 0. The summed E-state index contributed by atoms with van der Waals surface area (Å²) in [5.41, 5.74) is 0.568. The number of pyridine rings is 1. The summed E-state index contributed by atoms with van der Waals surface area (Å²) >= 11 is 0. The third kappa shape index (κ3) is 1.38. The summed E-state index contributed by atoms with van der Waals surface area (Å²) in [6, 6.07) is 4.46. The minimum atomic E-state index is -0.506. The van der Waals surface area contributed by atoms with Gasteiger partial charge in [-0.3, -0.25) is 14.9 Å². The number of benzene rings is 1. The number of H-pyrrole nitrogens is 1. The molecule has 0 saturated carbocycles. The molecule has 2 aromatic rings. The summed E-state index contributed by atoms with van der Waals surface area (Å²) in [6.07, 6.45) is 1.48. The molecule has 0 aliphatic heterocycles. The van der Waals surface area contributed by atoms with E-state index in [1.807, 2.05) is 0 Å². The van der Waals surface area contributed by atoms with Gasteiger partial charge in [-0.2, -0.15) is 0 Å². The number of nitrogens with zero attached hydrogens (tertiary/aromatic N) is 1. The molecule has 1 heterocycles. The van der Waals surface area contributed by atoms with Crippen LogP contribution in [0.4, 0.5) is 5.69 Å². The van der Waals surface area contributed by atoms with Gasteiger partial charge in [0.05, 0.1) is 10.3 Å². The molecule has 0 atom stereocenters. The average molecular weight is 204 g/mol. The van der Waals surface area contributed by atoms with Gasteiger partial charge in [0.15, 0.2) is 5.43 Å². The summed E-state index contributed by atoms with van der Waals surface area (Å²) in [5, 5.41) is 11.0. The number of hydrogen-bond acceptors (Lipinski definition) is 3. The predicted molar refractivity (Wildman–Crippen MR) is 56.0 cm³/mol. The van der Waals surface area contributed by atoms with E-state index in [0.29, 0.717) is 10.9 Å². The molecule has 0 fully saturated rings. The van der Waals surface area contributed by atoms with Crippen molar-refractivity contribution in [1.29, 1.82) is 0 Å². The van der Waals surface area contributed by atoms with E-state index in [-0.39, 0.29) is 16.6 Å². The zero-order valence-electron chi connectivity index (χ0n) is 7.98. The van der Waals surface area contributed by atoms with E-state index in [9.17, 15) is 14.9 Å². The van der Waals surface area contributed by atoms with Crippen molar-refractivity contribution in [2.75, 3.05) is 0 Å². The van der Waals surface area contributed by atoms with Crippen molar-refractivity contribution in [2.45, 2.75) is 6.92 Å². The number of aromatic nitrogens is 1. The van der Waals surface area contributed by atoms with Gasteiger partial charge < -0.3 is 4.98 Å². The first-order valence-electron chi connectivity index (χ1n) is 4.36. The summed E-state index contributed by atoms with van der Waals surface area (Å²) in [6.45, 7) is 1.66. The molecule has 1 aromatic carbocycles. The lowest BCUT2D eigenvalue weighted by Crippen LogP contribution is -2.07. The Morgan fingerprint density at radius 3 is 2.80 bits per heavy atom. The van der Waals surface area contributed by atoms with E-state index < -0.39 is 4.92 Å². The summed E-state index contributed by atoms with van der Waals surface area (Å²) in [4.78, 5) is 24.6. The first kappa shape index (κ1) is 9.39. The van der Waals surface area contributed by atoms with Gasteiger partial charge in [-0.15, -0.1) is 0 Å². The number of rotatable bonds is 1. The van der Waals surface area contributed by atoms with Gasteiger partial charge in [-0.05, 0) is 13.0 Å². The molecule has 0 spiro atoms. The standard InChI is InChI=1S/C10H8N2O3/c1-6-5-11-9-7(10(6)13)3-2-4-8(9)12(14)15/h2-5H,1H3,(H,11,13). The van der Waals surface area contributed by atoms with Gasteiger partial charge >= 0.3 is 0 Å². The molecule has 0 radical (unpaired) electrons. The Morgan fingerprint density at radius 1 is 1.40 bits per heavy atom. The first-order valence-corrected chi connectivity index (χ1v) is 4.36. The second-order valence-corrected chi connectivity index (χ2v) is 3.26. The minimum Gasteiger partial charge on any atom is -0.355 e. The van der Waals surface area contributed by atoms with E-state index in [1.54, 1.807) is 13.0 Å². The summed E-state index contributed by atoms with van der Waals surface area (Å²) < 4.78 is 0. The molecule has 0 saturated heterocycles. The van der Waals surface area contributed by atoms with E-state index in [2.05, 4.69) is 4.98 Å².